The Labute approximate surface area is 178 Å². The van der Waals surface area contributed by atoms with Crippen LogP contribution >= 0.6 is 0 Å². The van der Waals surface area contributed by atoms with Crippen molar-refractivity contribution < 1.29 is 19.4 Å². The zero-order valence-electron chi connectivity index (χ0n) is 18.3. The van der Waals surface area contributed by atoms with Crippen molar-refractivity contribution in [3.05, 3.63) is 42.1 Å². The molecule has 3 rings (SSSR count). The van der Waals surface area contributed by atoms with Gasteiger partial charge in [0.1, 0.15) is 17.4 Å². The molecule has 2 heterocycles. The summed E-state index contributed by atoms with van der Waals surface area (Å²) in [5, 5.41) is 9.73. The lowest BCUT2D eigenvalue weighted by Gasteiger charge is -2.37. The van der Waals surface area contributed by atoms with Crippen LogP contribution in [-0.2, 0) is 0 Å². The second kappa shape index (κ2) is 9.45. The SMILES string of the molecule is COc1ccc(-c2cnc3c(c2)C(=O)N([C@@H](C)CO)C[C@@H](C)[C@H](CN(C)C)O3)cc1. The van der Waals surface area contributed by atoms with Crippen molar-refractivity contribution in [3.63, 3.8) is 0 Å². The molecule has 1 aliphatic rings. The van der Waals surface area contributed by atoms with E-state index in [9.17, 15) is 9.90 Å². The van der Waals surface area contributed by atoms with Crippen molar-refractivity contribution in [3.8, 4) is 22.8 Å². The lowest BCUT2D eigenvalue weighted by molar-refractivity contribution is 0.0348. The number of benzene rings is 1. The van der Waals surface area contributed by atoms with Crippen LogP contribution in [0.15, 0.2) is 36.5 Å². The van der Waals surface area contributed by atoms with E-state index in [4.69, 9.17) is 9.47 Å². The van der Waals surface area contributed by atoms with Crippen molar-refractivity contribution in [1.82, 2.24) is 14.8 Å². The second-order valence-electron chi connectivity index (χ2n) is 8.19. The van der Waals surface area contributed by atoms with Gasteiger partial charge in [0, 0.05) is 30.8 Å². The first-order valence-electron chi connectivity index (χ1n) is 10.2. The number of methoxy groups -OCH3 is 1. The summed E-state index contributed by atoms with van der Waals surface area (Å²) in [6.07, 6.45) is 1.60. The summed E-state index contributed by atoms with van der Waals surface area (Å²) in [6.45, 7) is 5.03. The van der Waals surface area contributed by atoms with Gasteiger partial charge in [0.2, 0.25) is 5.88 Å². The van der Waals surface area contributed by atoms with E-state index in [1.807, 2.05) is 51.4 Å². The van der Waals surface area contributed by atoms with Crippen molar-refractivity contribution in [2.45, 2.75) is 26.0 Å². The molecule has 0 spiro atoms. The number of rotatable bonds is 6. The van der Waals surface area contributed by atoms with E-state index in [1.54, 1.807) is 18.2 Å². The highest BCUT2D eigenvalue weighted by atomic mass is 16.5. The van der Waals surface area contributed by atoms with Crippen molar-refractivity contribution >= 4 is 5.91 Å². The molecule has 7 heteroatoms. The van der Waals surface area contributed by atoms with E-state index < -0.39 is 0 Å². The number of aliphatic hydroxyl groups is 1. The number of pyridine rings is 1. The Morgan fingerprint density at radius 2 is 2.00 bits per heavy atom. The topological polar surface area (TPSA) is 75.1 Å². The molecule has 1 amide bonds. The monoisotopic (exact) mass is 413 g/mol. The molecule has 2 aromatic rings. The maximum absolute atomic E-state index is 13.4. The molecule has 162 valence electrons. The van der Waals surface area contributed by atoms with Gasteiger partial charge in [0.05, 0.1) is 19.8 Å². The van der Waals surface area contributed by atoms with Crippen LogP contribution in [0.3, 0.4) is 0 Å². The first-order valence-corrected chi connectivity index (χ1v) is 10.2. The largest absolute Gasteiger partial charge is 0.497 e. The van der Waals surface area contributed by atoms with Crippen molar-refractivity contribution in [2.24, 2.45) is 5.92 Å². The fourth-order valence-corrected chi connectivity index (χ4v) is 3.62. The van der Waals surface area contributed by atoms with Crippen molar-refractivity contribution in [2.75, 3.05) is 40.9 Å². The average molecular weight is 414 g/mol. The molecule has 0 saturated heterocycles. The van der Waals surface area contributed by atoms with E-state index in [0.717, 1.165) is 16.9 Å². The summed E-state index contributed by atoms with van der Waals surface area (Å²) in [6, 6.07) is 9.14. The molecule has 1 aliphatic heterocycles. The number of aromatic nitrogens is 1. The number of likely N-dealkylation sites (N-methyl/N-ethyl adjacent to an activating group) is 1. The lowest BCUT2D eigenvalue weighted by atomic mass is 9.99. The highest BCUT2D eigenvalue weighted by molar-refractivity contribution is 5.98. The molecule has 0 bridgehead atoms. The van der Waals surface area contributed by atoms with Crippen LogP contribution in [0.25, 0.3) is 11.1 Å². The minimum Gasteiger partial charge on any atom is -0.497 e. The number of carbonyl (C=O) groups excluding carboxylic acids is 1. The zero-order valence-corrected chi connectivity index (χ0v) is 18.3. The molecule has 0 fully saturated rings. The molecule has 1 aromatic heterocycles. The van der Waals surface area contributed by atoms with Gasteiger partial charge in [-0.05, 0) is 44.8 Å². The van der Waals surface area contributed by atoms with Gasteiger partial charge in [-0.15, -0.1) is 0 Å². The van der Waals surface area contributed by atoms with Crippen molar-refractivity contribution in [1.29, 1.82) is 0 Å². The second-order valence-corrected chi connectivity index (χ2v) is 8.19. The summed E-state index contributed by atoms with van der Waals surface area (Å²) in [5.74, 6) is 1.01. The molecule has 3 atom stereocenters. The first kappa shape index (κ1) is 22.1. The lowest BCUT2D eigenvalue weighted by Crippen LogP contribution is -2.49. The van der Waals surface area contributed by atoms with Gasteiger partial charge in [-0.1, -0.05) is 19.1 Å². The Hall–Kier alpha value is -2.64. The number of nitrogens with zero attached hydrogens (tertiary/aromatic N) is 3. The molecule has 0 aliphatic carbocycles. The van der Waals surface area contributed by atoms with Gasteiger partial charge in [0.25, 0.3) is 5.91 Å². The van der Waals surface area contributed by atoms with E-state index in [1.165, 1.54) is 0 Å². The van der Waals surface area contributed by atoms with Crippen LogP contribution < -0.4 is 9.47 Å². The third-order valence-corrected chi connectivity index (χ3v) is 5.49. The summed E-state index contributed by atoms with van der Waals surface area (Å²) in [7, 11) is 5.62. The Morgan fingerprint density at radius 3 is 2.60 bits per heavy atom. The molecular formula is C23H31N3O4. The molecule has 0 unspecified atom stereocenters. The summed E-state index contributed by atoms with van der Waals surface area (Å²) in [5.41, 5.74) is 2.17. The highest BCUT2D eigenvalue weighted by Crippen LogP contribution is 2.30. The Balaban J connectivity index is 2.04. The molecule has 0 radical (unpaired) electrons. The number of amides is 1. The maximum Gasteiger partial charge on any atom is 0.259 e. The maximum atomic E-state index is 13.4. The fraction of sp³-hybridized carbons (Fsp3) is 0.478. The van der Waals surface area contributed by atoms with Gasteiger partial charge in [0.15, 0.2) is 0 Å². The van der Waals surface area contributed by atoms with E-state index >= 15 is 0 Å². The van der Waals surface area contributed by atoms with Gasteiger partial charge in [-0.2, -0.15) is 0 Å². The fourth-order valence-electron chi connectivity index (χ4n) is 3.62. The quantitative estimate of drug-likeness (QED) is 0.785. The average Bonchev–Trinajstić information content (AvgIpc) is 2.75. The Bertz CT molecular complexity index is 869. The highest BCUT2D eigenvalue weighted by Gasteiger charge is 2.34. The number of hydrogen-bond acceptors (Lipinski definition) is 6. The molecular weight excluding hydrogens is 382 g/mol. The van der Waals surface area contributed by atoms with Gasteiger partial charge in [-0.25, -0.2) is 4.98 Å². The number of fused-ring (bicyclic) bond motifs is 1. The Morgan fingerprint density at radius 1 is 1.30 bits per heavy atom. The summed E-state index contributed by atoms with van der Waals surface area (Å²) in [4.78, 5) is 21.7. The Kier molecular flexibility index (Phi) is 6.95. The van der Waals surface area contributed by atoms with Crippen LogP contribution in [-0.4, -0.2) is 78.8 Å². The standard InChI is InChI=1S/C23H31N3O4/c1-15-12-26(16(2)14-27)23(28)20-10-18(17-6-8-19(29-5)9-7-17)11-24-22(20)30-21(15)13-25(3)4/h6-11,15-16,21,27H,12-14H2,1-5H3/t15-,16+,21+/m1/s1. The number of ether oxygens (including phenoxy) is 2. The number of carbonyl (C=O) groups is 1. The molecule has 1 aromatic carbocycles. The molecule has 0 saturated carbocycles. The number of hydrogen-bond donors (Lipinski definition) is 1. The normalized spacial score (nSPS) is 20.2. The minimum absolute atomic E-state index is 0.0848. The van der Waals surface area contributed by atoms with Gasteiger partial charge < -0.3 is 24.4 Å². The van der Waals surface area contributed by atoms with Crippen LogP contribution in [0.5, 0.6) is 11.6 Å². The molecule has 1 N–H and O–H groups in total. The predicted molar refractivity (Wildman–Crippen MR) is 116 cm³/mol. The minimum atomic E-state index is -0.296. The first-order chi connectivity index (χ1) is 14.3. The third kappa shape index (κ3) is 4.74. The van der Waals surface area contributed by atoms with E-state index in [2.05, 4.69) is 16.8 Å². The van der Waals surface area contributed by atoms with Crippen LogP contribution in [0, 0.1) is 5.92 Å². The molecule has 30 heavy (non-hydrogen) atoms. The predicted octanol–water partition coefficient (Wildman–Crippen LogP) is 2.54. The number of aliphatic hydroxyl groups excluding tert-OH is 1. The van der Waals surface area contributed by atoms with Crippen LogP contribution in [0.4, 0.5) is 0 Å². The zero-order chi connectivity index (χ0) is 21.8. The van der Waals surface area contributed by atoms with Crippen LogP contribution in [0.2, 0.25) is 0 Å². The van der Waals surface area contributed by atoms with E-state index in [0.29, 0.717) is 24.5 Å². The smallest absolute Gasteiger partial charge is 0.259 e. The van der Waals surface area contributed by atoms with E-state index in [-0.39, 0.29) is 30.6 Å². The van der Waals surface area contributed by atoms with Crippen LogP contribution in [0.1, 0.15) is 24.2 Å². The van der Waals surface area contributed by atoms with Gasteiger partial charge >= 0.3 is 0 Å². The summed E-state index contributed by atoms with van der Waals surface area (Å²) >= 11 is 0. The third-order valence-electron chi connectivity index (χ3n) is 5.49. The molecule has 7 nitrogen and oxygen atoms in total. The summed E-state index contributed by atoms with van der Waals surface area (Å²) < 4.78 is 11.5. The van der Waals surface area contributed by atoms with Gasteiger partial charge in [-0.3, -0.25) is 4.79 Å².